The fourth-order valence-electron chi connectivity index (χ4n) is 4.07. The van der Waals surface area contributed by atoms with E-state index < -0.39 is 0 Å². The second-order valence-electron chi connectivity index (χ2n) is 8.37. The van der Waals surface area contributed by atoms with E-state index in [4.69, 9.17) is 21.7 Å². The quantitative estimate of drug-likeness (QED) is 0.386. The molecule has 6 nitrogen and oxygen atoms in total. The fraction of sp³-hybridized carbons (Fsp3) is 0.185. The largest absolute Gasteiger partial charge is 0.454 e. The molecule has 3 aromatic carbocycles. The molecule has 0 saturated heterocycles. The van der Waals surface area contributed by atoms with Crippen LogP contribution in [0.5, 0.6) is 11.5 Å². The van der Waals surface area contributed by atoms with Gasteiger partial charge in [0, 0.05) is 29.2 Å². The summed E-state index contributed by atoms with van der Waals surface area (Å²) in [5.74, 6) is 1.33. The SMILES string of the molecule is Cc1cccc(CCN(Cc2cc3cc4c(cc3[nH]c2=O)OCO4)C(=S)Nc2ccccc2)c1. The van der Waals surface area contributed by atoms with E-state index in [-0.39, 0.29) is 12.4 Å². The van der Waals surface area contributed by atoms with E-state index in [9.17, 15) is 4.79 Å². The molecule has 1 aliphatic heterocycles. The lowest BCUT2D eigenvalue weighted by Gasteiger charge is -2.26. The molecule has 2 heterocycles. The normalized spacial score (nSPS) is 12.0. The van der Waals surface area contributed by atoms with Crippen LogP contribution in [0.1, 0.15) is 16.7 Å². The fourth-order valence-corrected chi connectivity index (χ4v) is 4.35. The first-order valence-electron chi connectivity index (χ1n) is 11.2. The predicted molar refractivity (Wildman–Crippen MR) is 139 cm³/mol. The molecule has 0 bridgehead atoms. The molecule has 0 fully saturated rings. The summed E-state index contributed by atoms with van der Waals surface area (Å²) in [6.45, 7) is 3.32. The Morgan fingerprint density at radius 3 is 2.62 bits per heavy atom. The van der Waals surface area contributed by atoms with Gasteiger partial charge in [-0.2, -0.15) is 0 Å². The number of hydrogen-bond donors (Lipinski definition) is 2. The van der Waals surface area contributed by atoms with Crippen molar-refractivity contribution in [2.24, 2.45) is 0 Å². The van der Waals surface area contributed by atoms with Crippen LogP contribution in [0.15, 0.2) is 77.6 Å². The van der Waals surface area contributed by atoms with E-state index in [1.807, 2.05) is 47.4 Å². The van der Waals surface area contributed by atoms with Crippen LogP contribution in [-0.4, -0.2) is 28.3 Å². The summed E-state index contributed by atoms with van der Waals surface area (Å²) >= 11 is 5.77. The van der Waals surface area contributed by atoms with Crippen LogP contribution >= 0.6 is 12.2 Å². The molecule has 0 radical (unpaired) electrons. The van der Waals surface area contributed by atoms with Crippen LogP contribution in [-0.2, 0) is 13.0 Å². The molecule has 34 heavy (non-hydrogen) atoms. The lowest BCUT2D eigenvalue weighted by atomic mass is 10.1. The number of pyridine rings is 1. The first-order chi connectivity index (χ1) is 16.5. The minimum Gasteiger partial charge on any atom is -0.454 e. The molecular formula is C27H25N3O3S. The maximum atomic E-state index is 13.0. The van der Waals surface area contributed by atoms with E-state index >= 15 is 0 Å². The van der Waals surface area contributed by atoms with Crippen LogP contribution in [0.25, 0.3) is 10.9 Å². The summed E-state index contributed by atoms with van der Waals surface area (Å²) in [4.78, 5) is 18.0. The molecule has 4 aromatic rings. The zero-order chi connectivity index (χ0) is 23.5. The maximum absolute atomic E-state index is 13.0. The first kappa shape index (κ1) is 22.0. The Kier molecular flexibility index (Phi) is 6.18. The Hall–Kier alpha value is -3.84. The molecule has 0 saturated carbocycles. The standard InChI is InChI=1S/C27H25N3O3S/c1-18-6-5-7-19(12-18)10-11-30(27(34)28-22-8-3-2-4-9-22)16-21-13-20-14-24-25(33-17-32-24)15-23(20)29-26(21)31/h2-9,12-15H,10-11,16-17H2,1H3,(H,28,34)(H,29,31). The predicted octanol–water partition coefficient (Wildman–Crippen LogP) is 5.01. The second-order valence-corrected chi connectivity index (χ2v) is 8.76. The Morgan fingerprint density at radius 1 is 1.03 bits per heavy atom. The van der Waals surface area contributed by atoms with Crippen LogP contribution in [0, 0.1) is 6.92 Å². The zero-order valence-corrected chi connectivity index (χ0v) is 19.7. The lowest BCUT2D eigenvalue weighted by Crippen LogP contribution is -2.37. The highest BCUT2D eigenvalue weighted by Crippen LogP contribution is 2.35. The van der Waals surface area contributed by atoms with E-state index in [2.05, 4.69) is 41.5 Å². The van der Waals surface area contributed by atoms with Crippen molar-refractivity contribution in [2.45, 2.75) is 19.9 Å². The van der Waals surface area contributed by atoms with E-state index in [0.29, 0.717) is 40.8 Å². The average molecular weight is 472 g/mol. The van der Waals surface area contributed by atoms with Gasteiger partial charge in [-0.1, -0.05) is 48.0 Å². The van der Waals surface area contributed by atoms with Gasteiger partial charge in [-0.05, 0) is 55.4 Å². The zero-order valence-electron chi connectivity index (χ0n) is 18.8. The van der Waals surface area contributed by atoms with E-state index in [0.717, 1.165) is 17.5 Å². The minimum atomic E-state index is -0.144. The van der Waals surface area contributed by atoms with Crippen molar-refractivity contribution in [3.63, 3.8) is 0 Å². The number of H-pyrrole nitrogens is 1. The summed E-state index contributed by atoms with van der Waals surface area (Å²) in [7, 11) is 0. The topological polar surface area (TPSA) is 66.6 Å². The van der Waals surface area contributed by atoms with Gasteiger partial charge in [0.05, 0.1) is 12.1 Å². The molecule has 1 aromatic heterocycles. The summed E-state index contributed by atoms with van der Waals surface area (Å²) < 4.78 is 10.9. The van der Waals surface area contributed by atoms with Gasteiger partial charge in [-0.3, -0.25) is 4.79 Å². The first-order valence-corrected chi connectivity index (χ1v) is 11.6. The minimum absolute atomic E-state index is 0.144. The van der Waals surface area contributed by atoms with Gasteiger partial charge >= 0.3 is 0 Å². The number of aryl methyl sites for hydroxylation is 1. The highest BCUT2D eigenvalue weighted by atomic mass is 32.1. The molecule has 5 rings (SSSR count). The third-order valence-corrected chi connectivity index (χ3v) is 6.20. The number of anilines is 1. The molecule has 2 N–H and O–H groups in total. The highest BCUT2D eigenvalue weighted by molar-refractivity contribution is 7.80. The van der Waals surface area contributed by atoms with Crippen LogP contribution in [0.3, 0.4) is 0 Å². The number of aromatic nitrogens is 1. The van der Waals surface area contributed by atoms with Gasteiger partial charge in [0.1, 0.15) is 0 Å². The van der Waals surface area contributed by atoms with Gasteiger partial charge in [0.15, 0.2) is 16.6 Å². The second kappa shape index (κ2) is 9.57. The Bertz CT molecular complexity index is 1400. The van der Waals surface area contributed by atoms with Crippen molar-refractivity contribution < 1.29 is 9.47 Å². The van der Waals surface area contributed by atoms with E-state index in [1.54, 1.807) is 6.07 Å². The third kappa shape index (κ3) is 4.89. The summed E-state index contributed by atoms with van der Waals surface area (Å²) in [5.41, 5.74) is 4.57. The van der Waals surface area contributed by atoms with Crippen molar-refractivity contribution in [1.82, 2.24) is 9.88 Å². The molecule has 1 aliphatic rings. The van der Waals surface area contributed by atoms with Gasteiger partial charge < -0.3 is 24.7 Å². The number of rotatable bonds is 6. The summed E-state index contributed by atoms with van der Waals surface area (Å²) in [6.07, 6.45) is 0.808. The molecule has 7 heteroatoms. The smallest absolute Gasteiger partial charge is 0.253 e. The van der Waals surface area contributed by atoms with Crippen LogP contribution in [0.4, 0.5) is 5.69 Å². The number of nitrogens with zero attached hydrogens (tertiary/aromatic N) is 1. The molecule has 0 amide bonds. The van der Waals surface area contributed by atoms with Gasteiger partial charge in [0.2, 0.25) is 6.79 Å². The molecule has 0 spiro atoms. The number of nitrogens with one attached hydrogen (secondary N) is 2. The molecular weight excluding hydrogens is 446 g/mol. The Morgan fingerprint density at radius 2 is 1.82 bits per heavy atom. The van der Waals surface area contributed by atoms with Crippen LogP contribution in [0.2, 0.25) is 0 Å². The summed E-state index contributed by atoms with van der Waals surface area (Å²) in [6, 6.07) is 23.9. The van der Waals surface area contributed by atoms with Crippen molar-refractivity contribution in [2.75, 3.05) is 18.7 Å². The Balaban J connectivity index is 1.42. The third-order valence-electron chi connectivity index (χ3n) is 5.84. The number of thiocarbonyl (C=S) groups is 1. The van der Waals surface area contributed by atoms with Crippen molar-refractivity contribution in [3.8, 4) is 11.5 Å². The van der Waals surface area contributed by atoms with Crippen LogP contribution < -0.4 is 20.3 Å². The number of fused-ring (bicyclic) bond motifs is 2. The van der Waals surface area contributed by atoms with E-state index in [1.165, 1.54) is 11.1 Å². The summed E-state index contributed by atoms with van der Waals surface area (Å²) in [5, 5.41) is 4.77. The van der Waals surface area contributed by atoms with Crippen molar-refractivity contribution in [3.05, 3.63) is 99.8 Å². The number of hydrogen-bond acceptors (Lipinski definition) is 4. The van der Waals surface area contributed by atoms with Gasteiger partial charge in [0.25, 0.3) is 5.56 Å². The monoisotopic (exact) mass is 471 g/mol. The van der Waals surface area contributed by atoms with Crippen molar-refractivity contribution >= 4 is 33.9 Å². The van der Waals surface area contributed by atoms with Gasteiger partial charge in [-0.15, -0.1) is 0 Å². The average Bonchev–Trinajstić information content (AvgIpc) is 3.28. The lowest BCUT2D eigenvalue weighted by molar-refractivity contribution is 0.174. The number of aromatic amines is 1. The van der Waals surface area contributed by atoms with Crippen molar-refractivity contribution in [1.29, 1.82) is 0 Å². The van der Waals surface area contributed by atoms with Gasteiger partial charge in [-0.25, -0.2) is 0 Å². The highest BCUT2D eigenvalue weighted by Gasteiger charge is 2.17. The molecule has 0 atom stereocenters. The number of para-hydroxylation sites is 1. The Labute approximate surface area is 203 Å². The number of ether oxygens (including phenoxy) is 2. The molecule has 0 unspecified atom stereocenters. The maximum Gasteiger partial charge on any atom is 0.253 e. The molecule has 0 aliphatic carbocycles. The number of benzene rings is 3. The molecule has 172 valence electrons.